The highest BCUT2D eigenvalue weighted by Crippen LogP contribution is 2.36. The Bertz CT molecular complexity index is 1080. The van der Waals surface area contributed by atoms with Crippen LogP contribution < -0.4 is 11.1 Å². The number of rotatable bonds is 3. The van der Waals surface area contributed by atoms with Crippen molar-refractivity contribution < 1.29 is 4.79 Å². The van der Waals surface area contributed by atoms with Crippen LogP contribution in [-0.4, -0.2) is 20.7 Å². The molecule has 0 saturated heterocycles. The standard InChI is InChI=1S/C21H21N5O/c1-12-7-6-9-15(11-12)18-17(19(22)27)14(3)23-21-24-20(25-26(18)21)16-10-5-4-8-13(16)2/h4-11,18H,1-3H3,(H2,22,27)(H,23,24,25). The number of hydrogen-bond donors (Lipinski definition) is 2. The summed E-state index contributed by atoms with van der Waals surface area (Å²) in [6, 6.07) is 15.6. The third kappa shape index (κ3) is 2.89. The molecule has 6 nitrogen and oxygen atoms in total. The summed E-state index contributed by atoms with van der Waals surface area (Å²) in [5, 5.41) is 7.92. The Kier molecular flexibility index (Phi) is 4.03. The van der Waals surface area contributed by atoms with Crippen molar-refractivity contribution in [2.24, 2.45) is 5.73 Å². The van der Waals surface area contributed by atoms with E-state index in [0.717, 1.165) is 22.3 Å². The van der Waals surface area contributed by atoms with Gasteiger partial charge in [-0.25, -0.2) is 4.68 Å². The number of anilines is 1. The number of allylic oxidation sites excluding steroid dienone is 1. The molecule has 0 spiro atoms. The molecular formula is C21H21N5O. The first kappa shape index (κ1) is 17.0. The molecule has 2 aromatic carbocycles. The number of nitrogens with one attached hydrogen (secondary N) is 1. The zero-order chi connectivity index (χ0) is 19.1. The van der Waals surface area contributed by atoms with Crippen molar-refractivity contribution in [3.05, 3.63) is 76.5 Å². The van der Waals surface area contributed by atoms with Crippen molar-refractivity contribution in [2.75, 3.05) is 5.32 Å². The highest BCUT2D eigenvalue weighted by atomic mass is 16.1. The zero-order valence-corrected chi connectivity index (χ0v) is 15.5. The van der Waals surface area contributed by atoms with Crippen molar-refractivity contribution in [1.82, 2.24) is 14.8 Å². The molecule has 4 rings (SSSR count). The lowest BCUT2D eigenvalue weighted by Gasteiger charge is -2.27. The SMILES string of the molecule is CC1=C(C(N)=O)C(c2cccc(C)c2)n2nc(-c3ccccc3C)nc2N1. The van der Waals surface area contributed by atoms with Crippen LogP contribution in [0.5, 0.6) is 0 Å². The first-order valence-electron chi connectivity index (χ1n) is 8.82. The number of amides is 1. The van der Waals surface area contributed by atoms with Gasteiger partial charge in [0.2, 0.25) is 11.9 Å². The molecule has 0 aliphatic carbocycles. The molecule has 6 heteroatoms. The van der Waals surface area contributed by atoms with E-state index in [1.54, 1.807) is 4.68 Å². The van der Waals surface area contributed by atoms with Crippen molar-refractivity contribution in [3.63, 3.8) is 0 Å². The van der Waals surface area contributed by atoms with Crippen LogP contribution in [0.25, 0.3) is 11.4 Å². The first-order chi connectivity index (χ1) is 13.0. The van der Waals surface area contributed by atoms with Gasteiger partial charge in [-0.2, -0.15) is 4.98 Å². The van der Waals surface area contributed by atoms with Crippen LogP contribution in [0.3, 0.4) is 0 Å². The van der Waals surface area contributed by atoms with Crippen LogP contribution >= 0.6 is 0 Å². The first-order valence-corrected chi connectivity index (χ1v) is 8.82. The van der Waals surface area contributed by atoms with Crippen LogP contribution in [0, 0.1) is 13.8 Å². The maximum atomic E-state index is 12.2. The molecule has 2 heterocycles. The van der Waals surface area contributed by atoms with Gasteiger partial charge < -0.3 is 11.1 Å². The predicted molar refractivity (Wildman–Crippen MR) is 105 cm³/mol. The molecule has 0 radical (unpaired) electrons. The number of carbonyl (C=O) groups excluding carboxylic acids is 1. The van der Waals surface area contributed by atoms with E-state index in [1.165, 1.54) is 0 Å². The van der Waals surface area contributed by atoms with Gasteiger partial charge in [0.15, 0.2) is 5.82 Å². The predicted octanol–water partition coefficient (Wildman–Crippen LogP) is 3.34. The number of fused-ring (bicyclic) bond motifs is 1. The van der Waals surface area contributed by atoms with Gasteiger partial charge in [-0.15, -0.1) is 5.10 Å². The van der Waals surface area contributed by atoms with E-state index in [4.69, 9.17) is 10.8 Å². The van der Waals surface area contributed by atoms with Crippen molar-refractivity contribution in [1.29, 1.82) is 0 Å². The minimum atomic E-state index is -0.468. The lowest BCUT2D eigenvalue weighted by molar-refractivity contribution is -0.115. The summed E-state index contributed by atoms with van der Waals surface area (Å²) in [5.41, 5.74) is 11.0. The van der Waals surface area contributed by atoms with Gasteiger partial charge in [0.1, 0.15) is 6.04 Å². The molecule has 1 aromatic heterocycles. The molecule has 1 aliphatic heterocycles. The average molecular weight is 359 g/mol. The summed E-state index contributed by atoms with van der Waals surface area (Å²) in [4.78, 5) is 16.9. The van der Waals surface area contributed by atoms with E-state index in [0.29, 0.717) is 23.0 Å². The van der Waals surface area contributed by atoms with Crippen LogP contribution in [0.2, 0.25) is 0 Å². The summed E-state index contributed by atoms with van der Waals surface area (Å²) < 4.78 is 1.75. The van der Waals surface area contributed by atoms with Crippen molar-refractivity contribution in [3.8, 4) is 11.4 Å². The third-order valence-corrected chi connectivity index (χ3v) is 4.86. The van der Waals surface area contributed by atoms with Crippen LogP contribution in [-0.2, 0) is 4.79 Å². The number of aromatic nitrogens is 3. The quantitative estimate of drug-likeness (QED) is 0.751. The number of nitrogens with two attached hydrogens (primary N) is 1. The van der Waals surface area contributed by atoms with Crippen LogP contribution in [0.1, 0.15) is 29.7 Å². The van der Waals surface area contributed by atoms with E-state index >= 15 is 0 Å². The fraction of sp³-hybridized carbons (Fsp3) is 0.190. The Morgan fingerprint density at radius 1 is 1.11 bits per heavy atom. The fourth-order valence-corrected chi connectivity index (χ4v) is 3.56. The molecule has 3 aromatic rings. The number of hydrogen-bond acceptors (Lipinski definition) is 4. The summed E-state index contributed by atoms with van der Waals surface area (Å²) in [7, 11) is 0. The molecule has 1 unspecified atom stereocenters. The third-order valence-electron chi connectivity index (χ3n) is 4.86. The Morgan fingerprint density at radius 3 is 2.59 bits per heavy atom. The molecule has 1 amide bonds. The van der Waals surface area contributed by atoms with Crippen molar-refractivity contribution >= 4 is 11.9 Å². The lowest BCUT2D eigenvalue weighted by Crippen LogP contribution is -2.31. The Hall–Kier alpha value is -3.41. The highest BCUT2D eigenvalue weighted by Gasteiger charge is 2.33. The number of carbonyl (C=O) groups is 1. The van der Waals surface area contributed by atoms with E-state index in [9.17, 15) is 4.79 Å². The highest BCUT2D eigenvalue weighted by molar-refractivity contribution is 5.95. The monoisotopic (exact) mass is 359 g/mol. The van der Waals surface area contributed by atoms with Gasteiger partial charge in [0.05, 0.1) is 5.57 Å². The van der Waals surface area contributed by atoms with Gasteiger partial charge >= 0.3 is 0 Å². The normalized spacial score (nSPS) is 16.0. The van der Waals surface area contributed by atoms with Gasteiger partial charge in [0, 0.05) is 11.3 Å². The molecule has 0 bridgehead atoms. The smallest absolute Gasteiger partial charge is 0.248 e. The average Bonchev–Trinajstić information content (AvgIpc) is 3.03. The second kappa shape index (κ2) is 6.39. The fourth-order valence-electron chi connectivity index (χ4n) is 3.56. The van der Waals surface area contributed by atoms with Gasteiger partial charge in [-0.1, -0.05) is 54.1 Å². The largest absolute Gasteiger partial charge is 0.366 e. The maximum absolute atomic E-state index is 12.2. The lowest BCUT2D eigenvalue weighted by atomic mass is 9.94. The maximum Gasteiger partial charge on any atom is 0.248 e. The number of nitrogens with zero attached hydrogens (tertiary/aromatic N) is 3. The summed E-state index contributed by atoms with van der Waals surface area (Å²) in [6.07, 6.45) is 0. The second-order valence-electron chi connectivity index (χ2n) is 6.86. The van der Waals surface area contributed by atoms with Gasteiger partial charge in [-0.05, 0) is 31.9 Å². The van der Waals surface area contributed by atoms with E-state index in [2.05, 4.69) is 10.3 Å². The second-order valence-corrected chi connectivity index (χ2v) is 6.86. The molecule has 0 saturated carbocycles. The summed E-state index contributed by atoms with van der Waals surface area (Å²) in [6.45, 7) is 5.89. The van der Waals surface area contributed by atoms with E-state index in [-0.39, 0.29) is 0 Å². The molecular weight excluding hydrogens is 338 g/mol. The Labute approximate surface area is 157 Å². The minimum Gasteiger partial charge on any atom is -0.366 e. The van der Waals surface area contributed by atoms with Crippen molar-refractivity contribution in [2.45, 2.75) is 26.8 Å². The van der Waals surface area contributed by atoms with E-state index in [1.807, 2.05) is 69.3 Å². The molecule has 136 valence electrons. The zero-order valence-electron chi connectivity index (χ0n) is 15.5. The van der Waals surface area contributed by atoms with Gasteiger partial charge in [-0.3, -0.25) is 4.79 Å². The Balaban J connectivity index is 1.91. The molecule has 3 N–H and O–H groups in total. The topological polar surface area (TPSA) is 85.8 Å². The van der Waals surface area contributed by atoms with E-state index < -0.39 is 11.9 Å². The number of aryl methyl sites for hydroxylation is 2. The molecule has 1 atom stereocenters. The van der Waals surface area contributed by atoms with Gasteiger partial charge in [0.25, 0.3) is 0 Å². The van der Waals surface area contributed by atoms with Crippen LogP contribution in [0.15, 0.2) is 59.8 Å². The molecule has 27 heavy (non-hydrogen) atoms. The Morgan fingerprint density at radius 2 is 1.89 bits per heavy atom. The van der Waals surface area contributed by atoms with Crippen LogP contribution in [0.4, 0.5) is 5.95 Å². The number of benzene rings is 2. The summed E-state index contributed by atoms with van der Waals surface area (Å²) >= 11 is 0. The molecule has 0 fully saturated rings. The molecule has 1 aliphatic rings. The summed E-state index contributed by atoms with van der Waals surface area (Å²) in [5.74, 6) is 0.749. The number of primary amides is 1. The minimum absolute atomic E-state index is 0.413.